The number of methoxy groups -OCH3 is 2. The number of halogens is 1. The van der Waals surface area contributed by atoms with Crippen molar-refractivity contribution >= 4 is 0 Å². The van der Waals surface area contributed by atoms with Crippen LogP contribution in [0.2, 0.25) is 0 Å². The van der Waals surface area contributed by atoms with Crippen LogP contribution in [0.5, 0.6) is 11.5 Å². The Balaban J connectivity index is 2.17. The van der Waals surface area contributed by atoms with E-state index in [2.05, 4.69) is 5.16 Å². The second-order valence-electron chi connectivity index (χ2n) is 5.07. The third-order valence-corrected chi connectivity index (χ3v) is 3.70. The molecule has 24 heavy (non-hydrogen) atoms. The van der Waals surface area contributed by atoms with Gasteiger partial charge in [0.25, 0.3) is 0 Å². The monoisotopic (exact) mass is 329 g/mol. The van der Waals surface area contributed by atoms with E-state index in [4.69, 9.17) is 14.0 Å². The molecule has 1 heterocycles. The van der Waals surface area contributed by atoms with Crippen molar-refractivity contribution in [3.63, 3.8) is 0 Å². The molecule has 0 atom stereocenters. The van der Waals surface area contributed by atoms with Gasteiger partial charge in [-0.05, 0) is 30.3 Å². The second kappa shape index (κ2) is 6.72. The summed E-state index contributed by atoms with van der Waals surface area (Å²) >= 11 is 0. The summed E-state index contributed by atoms with van der Waals surface area (Å²) in [5, 5.41) is 13.8. The molecule has 0 spiro atoms. The van der Waals surface area contributed by atoms with Crippen molar-refractivity contribution in [2.45, 2.75) is 6.61 Å². The van der Waals surface area contributed by atoms with Crippen molar-refractivity contribution in [1.29, 1.82) is 0 Å². The fourth-order valence-electron chi connectivity index (χ4n) is 2.52. The molecule has 3 rings (SSSR count). The van der Waals surface area contributed by atoms with E-state index in [1.807, 2.05) is 0 Å². The molecule has 3 aromatic rings. The van der Waals surface area contributed by atoms with E-state index in [1.165, 1.54) is 19.2 Å². The van der Waals surface area contributed by atoms with Crippen molar-refractivity contribution < 1.29 is 23.5 Å². The number of benzene rings is 2. The van der Waals surface area contributed by atoms with Crippen LogP contribution < -0.4 is 9.47 Å². The van der Waals surface area contributed by atoms with E-state index in [1.54, 1.807) is 37.4 Å². The van der Waals surface area contributed by atoms with Crippen LogP contribution in [0, 0.1) is 5.82 Å². The van der Waals surface area contributed by atoms with Crippen molar-refractivity contribution in [2.24, 2.45) is 0 Å². The summed E-state index contributed by atoms with van der Waals surface area (Å²) in [5.74, 6) is 1.12. The Morgan fingerprint density at radius 1 is 1.12 bits per heavy atom. The van der Waals surface area contributed by atoms with Gasteiger partial charge in [-0.2, -0.15) is 0 Å². The van der Waals surface area contributed by atoms with Crippen molar-refractivity contribution in [2.75, 3.05) is 14.2 Å². The van der Waals surface area contributed by atoms with Gasteiger partial charge in [-0.1, -0.05) is 17.3 Å². The highest BCUT2D eigenvalue weighted by Gasteiger charge is 2.22. The Bertz CT molecular complexity index is 860. The Labute approximate surface area is 138 Å². The number of aliphatic hydroxyl groups excluding tert-OH is 1. The zero-order chi connectivity index (χ0) is 17.1. The lowest BCUT2D eigenvalue weighted by molar-refractivity contribution is 0.281. The lowest BCUT2D eigenvalue weighted by Crippen LogP contribution is -1.93. The molecule has 124 valence electrons. The van der Waals surface area contributed by atoms with Gasteiger partial charge in [-0.3, -0.25) is 0 Å². The predicted molar refractivity (Wildman–Crippen MR) is 86.4 cm³/mol. The number of aromatic nitrogens is 1. The fraction of sp³-hybridized carbons (Fsp3) is 0.167. The molecule has 5 nitrogen and oxygen atoms in total. The molecule has 1 N–H and O–H groups in total. The minimum absolute atomic E-state index is 0.314. The van der Waals surface area contributed by atoms with Crippen LogP contribution in [0.15, 0.2) is 47.0 Å². The van der Waals surface area contributed by atoms with Gasteiger partial charge >= 0.3 is 0 Å². The van der Waals surface area contributed by atoms with Gasteiger partial charge in [-0.15, -0.1) is 0 Å². The predicted octanol–water partition coefficient (Wildman–Crippen LogP) is 3.66. The summed E-state index contributed by atoms with van der Waals surface area (Å²) in [6.07, 6.45) is 0. The largest absolute Gasteiger partial charge is 0.497 e. The molecule has 0 aliphatic rings. The maximum Gasteiger partial charge on any atom is 0.176 e. The molecular weight excluding hydrogens is 313 g/mol. The summed E-state index contributed by atoms with van der Waals surface area (Å²) in [6.45, 7) is -0.314. The van der Waals surface area contributed by atoms with Crippen molar-refractivity contribution in [1.82, 2.24) is 5.16 Å². The number of hydrogen-bond acceptors (Lipinski definition) is 5. The van der Waals surface area contributed by atoms with Gasteiger partial charge in [0.15, 0.2) is 5.76 Å². The maximum absolute atomic E-state index is 13.5. The highest BCUT2D eigenvalue weighted by molar-refractivity contribution is 5.76. The van der Waals surface area contributed by atoms with Crippen LogP contribution in [-0.4, -0.2) is 24.5 Å². The van der Waals surface area contributed by atoms with Crippen molar-refractivity contribution in [3.05, 3.63) is 53.8 Å². The lowest BCUT2D eigenvalue weighted by atomic mass is 10.0. The van der Waals surface area contributed by atoms with Crippen molar-refractivity contribution in [3.8, 4) is 34.1 Å². The normalized spacial score (nSPS) is 10.7. The highest BCUT2D eigenvalue weighted by atomic mass is 19.1. The van der Waals surface area contributed by atoms with Crippen LogP contribution >= 0.6 is 0 Å². The van der Waals surface area contributed by atoms with Crippen LogP contribution in [-0.2, 0) is 6.61 Å². The van der Waals surface area contributed by atoms with E-state index in [0.29, 0.717) is 39.6 Å². The quantitative estimate of drug-likeness (QED) is 0.774. The van der Waals surface area contributed by atoms with E-state index >= 15 is 0 Å². The summed E-state index contributed by atoms with van der Waals surface area (Å²) in [5.41, 5.74) is 1.95. The Hall–Kier alpha value is -2.86. The van der Waals surface area contributed by atoms with E-state index in [0.717, 1.165) is 0 Å². The molecule has 0 aliphatic heterocycles. The highest BCUT2D eigenvalue weighted by Crippen LogP contribution is 2.39. The first-order chi connectivity index (χ1) is 11.7. The van der Waals surface area contributed by atoms with Gasteiger partial charge in [0.2, 0.25) is 0 Å². The van der Waals surface area contributed by atoms with E-state index in [9.17, 15) is 9.50 Å². The molecule has 0 bridgehead atoms. The SMILES string of the molecule is COc1ccc(OC)c(-c2onc(-c3cccc(F)c3)c2CO)c1. The molecule has 6 heteroatoms. The minimum atomic E-state index is -0.389. The lowest BCUT2D eigenvalue weighted by Gasteiger charge is -2.09. The Morgan fingerprint density at radius 2 is 1.96 bits per heavy atom. The molecule has 0 aliphatic carbocycles. The van der Waals surface area contributed by atoms with Gasteiger partial charge in [0.1, 0.15) is 23.0 Å². The molecular formula is C18H16FNO4. The first-order valence-corrected chi connectivity index (χ1v) is 7.25. The van der Waals surface area contributed by atoms with Gasteiger partial charge in [0.05, 0.1) is 32.0 Å². The molecule has 0 amide bonds. The molecule has 0 saturated carbocycles. The van der Waals surface area contributed by atoms with Gasteiger partial charge < -0.3 is 19.1 Å². The third kappa shape index (κ3) is 2.83. The summed E-state index contributed by atoms with van der Waals surface area (Å²) in [4.78, 5) is 0. The molecule has 0 fully saturated rings. The average Bonchev–Trinajstić information content (AvgIpc) is 3.05. The fourth-order valence-corrected chi connectivity index (χ4v) is 2.52. The van der Waals surface area contributed by atoms with E-state index < -0.39 is 0 Å². The molecule has 0 saturated heterocycles. The topological polar surface area (TPSA) is 64.7 Å². The summed E-state index contributed by atoms with van der Waals surface area (Å²) < 4.78 is 29.5. The number of hydrogen-bond donors (Lipinski definition) is 1. The third-order valence-electron chi connectivity index (χ3n) is 3.70. The summed E-state index contributed by atoms with van der Waals surface area (Å²) in [6, 6.07) is 11.2. The van der Waals surface area contributed by atoms with Gasteiger partial charge in [-0.25, -0.2) is 4.39 Å². The molecule has 0 unspecified atom stereocenters. The first-order valence-electron chi connectivity index (χ1n) is 7.25. The van der Waals surface area contributed by atoms with Crippen LogP contribution in [0.3, 0.4) is 0 Å². The number of rotatable bonds is 5. The van der Waals surface area contributed by atoms with E-state index in [-0.39, 0.29) is 12.4 Å². The number of aliphatic hydroxyl groups is 1. The summed E-state index contributed by atoms with van der Waals surface area (Å²) in [7, 11) is 3.09. The van der Waals surface area contributed by atoms with Crippen LogP contribution in [0.4, 0.5) is 4.39 Å². The number of ether oxygens (including phenoxy) is 2. The minimum Gasteiger partial charge on any atom is -0.497 e. The zero-order valence-electron chi connectivity index (χ0n) is 13.2. The van der Waals surface area contributed by atoms with Crippen LogP contribution in [0.1, 0.15) is 5.56 Å². The Kier molecular flexibility index (Phi) is 4.48. The number of nitrogens with zero attached hydrogens (tertiary/aromatic N) is 1. The average molecular weight is 329 g/mol. The molecule has 1 aromatic heterocycles. The molecule has 2 aromatic carbocycles. The maximum atomic E-state index is 13.5. The zero-order valence-corrected chi connectivity index (χ0v) is 13.2. The first kappa shape index (κ1) is 16.0. The van der Waals surface area contributed by atoms with Crippen LogP contribution in [0.25, 0.3) is 22.6 Å². The standard InChI is InChI=1S/C18H16FNO4/c1-22-13-6-7-16(23-2)14(9-13)18-15(10-21)17(20-24-18)11-4-3-5-12(19)8-11/h3-9,21H,10H2,1-2H3. The Morgan fingerprint density at radius 3 is 2.62 bits per heavy atom. The smallest absolute Gasteiger partial charge is 0.176 e. The molecule has 0 radical (unpaired) electrons. The second-order valence-corrected chi connectivity index (χ2v) is 5.07. The van der Waals surface area contributed by atoms with Gasteiger partial charge in [0, 0.05) is 5.56 Å².